The van der Waals surface area contributed by atoms with Crippen molar-refractivity contribution >= 4 is 11.8 Å². The Morgan fingerprint density at radius 1 is 1.70 bits per heavy atom. The van der Waals surface area contributed by atoms with Gasteiger partial charge in [0.25, 0.3) is 0 Å². The lowest BCUT2D eigenvalue weighted by molar-refractivity contribution is 0.671. The Kier molecular flexibility index (Phi) is 3.71. The molecule has 0 aliphatic carbocycles. The zero-order valence-corrected chi connectivity index (χ0v) is 7.13. The minimum absolute atomic E-state index is 0.681. The first-order valence-corrected chi connectivity index (χ1v) is 4.73. The van der Waals surface area contributed by atoms with Crippen molar-refractivity contribution in [2.45, 2.75) is 25.1 Å². The molecule has 1 nitrogen and oxygen atoms in total. The fourth-order valence-electron chi connectivity index (χ4n) is 0.994. The zero-order valence-electron chi connectivity index (χ0n) is 6.31. The Labute approximate surface area is 67.0 Å². The maximum atomic E-state index is 3.41. The molecule has 0 aromatic rings. The highest BCUT2D eigenvalue weighted by molar-refractivity contribution is 8.00. The van der Waals surface area contributed by atoms with E-state index in [4.69, 9.17) is 0 Å². The van der Waals surface area contributed by atoms with Crippen LogP contribution in [0.2, 0.25) is 0 Å². The molecule has 2 heteroatoms. The van der Waals surface area contributed by atoms with Crippen molar-refractivity contribution in [1.82, 2.24) is 5.32 Å². The summed E-state index contributed by atoms with van der Waals surface area (Å²) in [5, 5.41) is 4.09. The second-order valence-electron chi connectivity index (χ2n) is 2.28. The van der Waals surface area contributed by atoms with Crippen LogP contribution in [0, 0.1) is 11.8 Å². The molecule has 0 aromatic carbocycles. The monoisotopic (exact) mass is 155 g/mol. The van der Waals surface area contributed by atoms with Crippen molar-refractivity contribution in [3.8, 4) is 11.8 Å². The van der Waals surface area contributed by atoms with Crippen LogP contribution in [-0.4, -0.2) is 17.7 Å². The number of nitrogens with one attached hydrogen (secondary N) is 1. The highest BCUT2D eigenvalue weighted by Gasteiger charge is 2.12. The molecule has 0 aromatic heterocycles. The van der Waals surface area contributed by atoms with Crippen LogP contribution in [0.15, 0.2) is 0 Å². The summed E-state index contributed by atoms with van der Waals surface area (Å²) in [7, 11) is 0. The van der Waals surface area contributed by atoms with Gasteiger partial charge in [-0.05, 0) is 13.3 Å². The van der Waals surface area contributed by atoms with Crippen molar-refractivity contribution in [3.63, 3.8) is 0 Å². The summed E-state index contributed by atoms with van der Waals surface area (Å²) in [5.74, 6) is 7.24. The second kappa shape index (κ2) is 4.65. The summed E-state index contributed by atoms with van der Waals surface area (Å²) in [4.78, 5) is 0. The highest BCUT2D eigenvalue weighted by Crippen LogP contribution is 2.17. The minimum atomic E-state index is 0.681. The van der Waals surface area contributed by atoms with Crippen molar-refractivity contribution in [1.29, 1.82) is 0 Å². The third-order valence-corrected chi connectivity index (χ3v) is 2.75. The molecule has 0 bridgehead atoms. The highest BCUT2D eigenvalue weighted by atomic mass is 32.2. The van der Waals surface area contributed by atoms with Crippen LogP contribution in [-0.2, 0) is 0 Å². The first-order valence-electron chi connectivity index (χ1n) is 3.68. The Bertz CT molecular complexity index is 139. The van der Waals surface area contributed by atoms with E-state index < -0.39 is 0 Å². The number of hydrogen-bond acceptors (Lipinski definition) is 2. The summed E-state index contributed by atoms with van der Waals surface area (Å²) >= 11 is 2.01. The molecule has 1 N–H and O–H groups in total. The summed E-state index contributed by atoms with van der Waals surface area (Å²) in [6.07, 6.45) is 2.24. The lowest BCUT2D eigenvalue weighted by Gasteiger charge is -2.04. The molecule has 1 atom stereocenters. The standard InChI is InChI=1S/C8H13NS/c1-2-3-4-5-8-9-6-7-10-8/h8-9H,4-7H2,1H3. The van der Waals surface area contributed by atoms with Gasteiger partial charge < -0.3 is 5.32 Å². The lowest BCUT2D eigenvalue weighted by atomic mass is 10.3. The average Bonchev–Trinajstić information content (AvgIpc) is 2.41. The Morgan fingerprint density at radius 3 is 3.20 bits per heavy atom. The Balaban J connectivity index is 2.05. The van der Waals surface area contributed by atoms with Crippen LogP contribution in [0.5, 0.6) is 0 Å². The van der Waals surface area contributed by atoms with E-state index >= 15 is 0 Å². The van der Waals surface area contributed by atoms with Gasteiger partial charge in [0.05, 0.1) is 5.37 Å². The molecule has 0 radical (unpaired) electrons. The smallest absolute Gasteiger partial charge is 0.0542 e. The second-order valence-corrected chi connectivity index (χ2v) is 3.59. The van der Waals surface area contributed by atoms with E-state index in [0.29, 0.717) is 5.37 Å². The zero-order chi connectivity index (χ0) is 7.23. The predicted molar refractivity (Wildman–Crippen MR) is 46.9 cm³/mol. The van der Waals surface area contributed by atoms with Crippen molar-refractivity contribution in [2.75, 3.05) is 12.3 Å². The summed E-state index contributed by atoms with van der Waals surface area (Å²) in [6, 6.07) is 0. The molecule has 0 spiro atoms. The minimum Gasteiger partial charge on any atom is -0.304 e. The predicted octanol–water partition coefficient (Wildman–Crippen LogP) is 1.45. The first-order chi connectivity index (χ1) is 4.93. The fraction of sp³-hybridized carbons (Fsp3) is 0.750. The van der Waals surface area contributed by atoms with Gasteiger partial charge in [0.15, 0.2) is 0 Å². The van der Waals surface area contributed by atoms with Gasteiger partial charge >= 0.3 is 0 Å². The van der Waals surface area contributed by atoms with Crippen LogP contribution in [0.1, 0.15) is 19.8 Å². The van der Waals surface area contributed by atoms with Gasteiger partial charge in [-0.3, -0.25) is 0 Å². The molecule has 0 amide bonds. The first kappa shape index (κ1) is 7.97. The number of thioether (sulfide) groups is 1. The van der Waals surface area contributed by atoms with Crippen LogP contribution in [0.4, 0.5) is 0 Å². The largest absolute Gasteiger partial charge is 0.304 e. The lowest BCUT2D eigenvalue weighted by Crippen LogP contribution is -2.18. The van der Waals surface area contributed by atoms with E-state index in [1.165, 1.54) is 18.7 Å². The van der Waals surface area contributed by atoms with E-state index in [9.17, 15) is 0 Å². The van der Waals surface area contributed by atoms with Crippen molar-refractivity contribution in [2.24, 2.45) is 0 Å². The van der Waals surface area contributed by atoms with Gasteiger partial charge in [0.1, 0.15) is 0 Å². The maximum Gasteiger partial charge on any atom is 0.0542 e. The Morgan fingerprint density at radius 2 is 2.60 bits per heavy atom. The average molecular weight is 155 g/mol. The van der Waals surface area contributed by atoms with Crippen molar-refractivity contribution < 1.29 is 0 Å². The SMILES string of the molecule is CC#CCCC1NCCS1. The van der Waals surface area contributed by atoms with E-state index in [1.807, 2.05) is 18.7 Å². The molecular formula is C8H13NS. The molecule has 1 aliphatic rings. The van der Waals surface area contributed by atoms with Gasteiger partial charge in [-0.15, -0.1) is 23.6 Å². The fourth-order valence-corrected chi connectivity index (χ4v) is 2.03. The van der Waals surface area contributed by atoms with Crippen LogP contribution >= 0.6 is 11.8 Å². The molecule has 0 saturated carbocycles. The van der Waals surface area contributed by atoms with Gasteiger partial charge in [-0.2, -0.15) is 0 Å². The van der Waals surface area contributed by atoms with Crippen LogP contribution in [0.3, 0.4) is 0 Å². The van der Waals surface area contributed by atoms with Gasteiger partial charge in [-0.25, -0.2) is 0 Å². The molecule has 56 valence electrons. The quantitative estimate of drug-likeness (QED) is 0.606. The van der Waals surface area contributed by atoms with E-state index in [1.54, 1.807) is 0 Å². The van der Waals surface area contributed by atoms with E-state index in [0.717, 1.165) is 6.42 Å². The van der Waals surface area contributed by atoms with Crippen LogP contribution in [0.25, 0.3) is 0 Å². The summed E-state index contributed by atoms with van der Waals surface area (Å²) in [5.41, 5.74) is 0. The molecule has 1 saturated heterocycles. The number of rotatable bonds is 2. The molecule has 1 heterocycles. The molecule has 1 aliphatic heterocycles. The van der Waals surface area contributed by atoms with Crippen LogP contribution < -0.4 is 5.32 Å². The number of hydrogen-bond donors (Lipinski definition) is 1. The molecule has 1 unspecified atom stereocenters. The third kappa shape index (κ3) is 2.64. The molecule has 10 heavy (non-hydrogen) atoms. The summed E-state index contributed by atoms with van der Waals surface area (Å²) in [6.45, 7) is 3.07. The Hall–Kier alpha value is -0.130. The maximum absolute atomic E-state index is 3.41. The van der Waals surface area contributed by atoms with Gasteiger partial charge in [0.2, 0.25) is 0 Å². The third-order valence-electron chi connectivity index (χ3n) is 1.50. The van der Waals surface area contributed by atoms with Gasteiger partial charge in [-0.1, -0.05) is 0 Å². The molecule has 1 fully saturated rings. The van der Waals surface area contributed by atoms with E-state index in [2.05, 4.69) is 17.2 Å². The molecular weight excluding hydrogens is 142 g/mol. The van der Waals surface area contributed by atoms with Gasteiger partial charge in [0, 0.05) is 18.7 Å². The summed E-state index contributed by atoms with van der Waals surface area (Å²) < 4.78 is 0. The van der Waals surface area contributed by atoms with Crippen molar-refractivity contribution in [3.05, 3.63) is 0 Å². The molecule has 1 rings (SSSR count). The topological polar surface area (TPSA) is 12.0 Å². The van der Waals surface area contributed by atoms with E-state index in [-0.39, 0.29) is 0 Å². The normalized spacial score (nSPS) is 23.9.